The van der Waals surface area contributed by atoms with Crippen LogP contribution < -0.4 is 9.75 Å². The van der Waals surface area contributed by atoms with E-state index in [0.29, 0.717) is 11.8 Å². The second-order valence-corrected chi connectivity index (χ2v) is 14.5. The maximum absolute atomic E-state index is 2.53. The highest BCUT2D eigenvalue weighted by Crippen LogP contribution is 2.31. The Hall–Kier alpha value is -1.41. The van der Waals surface area contributed by atoms with Gasteiger partial charge in [-0.3, -0.25) is 0 Å². The first-order valence-corrected chi connectivity index (χ1v) is 14.8. The minimum atomic E-state index is -1.40. The van der Waals surface area contributed by atoms with Crippen LogP contribution in [0, 0.1) is 6.92 Å². The molecule has 0 fully saturated rings. The van der Waals surface area contributed by atoms with Crippen molar-refractivity contribution < 1.29 is 4.57 Å². The summed E-state index contributed by atoms with van der Waals surface area (Å²) in [7, 11) is 0.832. The van der Waals surface area contributed by atoms with Gasteiger partial charge in [0.05, 0.1) is 8.07 Å². The van der Waals surface area contributed by atoms with Gasteiger partial charge in [-0.2, -0.15) is 0 Å². The summed E-state index contributed by atoms with van der Waals surface area (Å²) in [6.45, 7) is 19.0. The molecule has 0 N–H and O–H groups in total. The van der Waals surface area contributed by atoms with Gasteiger partial charge in [-0.05, 0) is 67.2 Å². The third-order valence-corrected chi connectivity index (χ3v) is 8.57. The molecule has 1 aromatic heterocycles. The van der Waals surface area contributed by atoms with Crippen molar-refractivity contribution in [3.63, 3.8) is 0 Å². The van der Waals surface area contributed by atoms with Gasteiger partial charge in [0.25, 0.3) is 0 Å². The molecule has 154 valence electrons. The fourth-order valence-corrected chi connectivity index (χ4v) is 6.28. The molecule has 0 saturated heterocycles. The zero-order valence-corrected chi connectivity index (χ0v) is 20.8. The van der Waals surface area contributed by atoms with E-state index in [-0.39, 0.29) is 0 Å². The van der Waals surface area contributed by atoms with Crippen LogP contribution in [0.5, 0.6) is 0 Å². The zero-order valence-electron chi connectivity index (χ0n) is 19.8. The number of hydrogen-bond donors (Lipinski definition) is 0. The summed E-state index contributed by atoms with van der Waals surface area (Å²) in [6.07, 6.45) is 7.30. The molecule has 0 saturated carbocycles. The Labute approximate surface area is 175 Å². The predicted octanol–water partition coefficient (Wildman–Crippen LogP) is 6.84. The van der Waals surface area contributed by atoms with Gasteiger partial charge in [-0.15, -0.1) is 0 Å². The number of aryl methyl sites for hydroxylation is 2. The van der Waals surface area contributed by atoms with Gasteiger partial charge in [0.1, 0.15) is 7.05 Å². The quantitative estimate of drug-likeness (QED) is 0.340. The third-order valence-electron chi connectivity index (χ3n) is 6.53. The first kappa shape index (κ1) is 22.9. The van der Waals surface area contributed by atoms with E-state index in [1.54, 1.807) is 10.8 Å². The molecular weight excluding hydrogens is 354 g/mol. The van der Waals surface area contributed by atoms with Gasteiger partial charge in [0.2, 0.25) is 5.69 Å². The normalized spacial score (nSPS) is 12.2. The van der Waals surface area contributed by atoms with Crippen LogP contribution in [0.3, 0.4) is 0 Å². The first-order valence-electron chi connectivity index (χ1n) is 11.3. The Balaban J connectivity index is 2.73. The molecule has 0 amide bonds. The van der Waals surface area contributed by atoms with Crippen LogP contribution in [0.4, 0.5) is 0 Å². The minimum absolute atomic E-state index is 0.657. The van der Waals surface area contributed by atoms with E-state index >= 15 is 0 Å². The monoisotopic (exact) mass is 396 g/mol. The standard InChI is InChI=1S/C26H42NSi/c1-10-20(11-2)22-15-14-19(5)23(16-22)25-17-24(21(12-3)13-4)26(18-27(25)6)28(7,8)9/h14-18,20-21H,10-13H2,1-9H3/q+1. The second-order valence-electron chi connectivity index (χ2n) is 9.49. The Morgan fingerprint density at radius 1 is 0.857 bits per heavy atom. The van der Waals surface area contributed by atoms with Crippen LogP contribution in [0.2, 0.25) is 19.6 Å². The van der Waals surface area contributed by atoms with E-state index in [4.69, 9.17) is 0 Å². The van der Waals surface area contributed by atoms with Gasteiger partial charge in [-0.1, -0.05) is 59.5 Å². The summed E-state index contributed by atoms with van der Waals surface area (Å²) >= 11 is 0. The second kappa shape index (κ2) is 9.39. The van der Waals surface area contributed by atoms with Crippen molar-refractivity contribution in [1.29, 1.82) is 0 Å². The van der Waals surface area contributed by atoms with Gasteiger partial charge >= 0.3 is 0 Å². The molecule has 0 atom stereocenters. The zero-order chi connectivity index (χ0) is 21.1. The lowest BCUT2D eigenvalue weighted by Gasteiger charge is -2.25. The number of pyridine rings is 1. The van der Waals surface area contributed by atoms with Crippen molar-refractivity contribution in [2.24, 2.45) is 7.05 Å². The van der Waals surface area contributed by atoms with E-state index in [9.17, 15) is 0 Å². The van der Waals surface area contributed by atoms with Crippen molar-refractivity contribution in [3.05, 3.63) is 47.2 Å². The molecule has 0 bridgehead atoms. The maximum atomic E-state index is 2.53. The average molecular weight is 397 g/mol. The van der Waals surface area contributed by atoms with Crippen LogP contribution >= 0.6 is 0 Å². The fraction of sp³-hybridized carbons (Fsp3) is 0.577. The average Bonchev–Trinajstić information content (AvgIpc) is 2.65. The molecule has 1 aromatic carbocycles. The van der Waals surface area contributed by atoms with Crippen molar-refractivity contribution in [1.82, 2.24) is 0 Å². The van der Waals surface area contributed by atoms with Crippen molar-refractivity contribution in [2.45, 2.75) is 91.8 Å². The lowest BCUT2D eigenvalue weighted by atomic mass is 9.89. The molecule has 1 nitrogen and oxygen atoms in total. The maximum Gasteiger partial charge on any atom is 0.212 e. The fourth-order valence-electron chi connectivity index (χ4n) is 4.55. The van der Waals surface area contributed by atoms with E-state index in [1.807, 2.05) is 0 Å². The number of hydrogen-bond acceptors (Lipinski definition) is 0. The molecule has 0 radical (unpaired) electrons. The summed E-state index contributed by atoms with van der Waals surface area (Å²) in [5.74, 6) is 1.31. The summed E-state index contributed by atoms with van der Waals surface area (Å²) in [5, 5.41) is 1.63. The van der Waals surface area contributed by atoms with Crippen LogP contribution in [0.1, 0.15) is 81.9 Å². The molecule has 0 spiro atoms. The van der Waals surface area contributed by atoms with E-state index < -0.39 is 8.07 Å². The predicted molar refractivity (Wildman–Crippen MR) is 127 cm³/mol. The Morgan fingerprint density at radius 2 is 1.43 bits per heavy atom. The summed E-state index contributed by atoms with van der Waals surface area (Å²) in [4.78, 5) is 0. The molecule has 2 heteroatoms. The van der Waals surface area contributed by atoms with Crippen LogP contribution in [-0.2, 0) is 7.05 Å². The van der Waals surface area contributed by atoms with Crippen molar-refractivity contribution in [3.8, 4) is 11.3 Å². The van der Waals surface area contributed by atoms with Gasteiger partial charge in [-0.25, -0.2) is 4.57 Å². The molecule has 0 aliphatic rings. The number of aromatic nitrogens is 1. The number of benzene rings is 1. The molecule has 2 rings (SSSR count). The van der Waals surface area contributed by atoms with Crippen molar-refractivity contribution in [2.75, 3.05) is 0 Å². The van der Waals surface area contributed by atoms with Crippen LogP contribution in [0.25, 0.3) is 11.3 Å². The summed E-state index contributed by atoms with van der Waals surface area (Å²) in [5.41, 5.74) is 7.24. The number of rotatable bonds is 8. The highest BCUT2D eigenvalue weighted by molar-refractivity contribution is 6.89. The number of nitrogens with zero attached hydrogens (tertiary/aromatic N) is 1. The van der Waals surface area contributed by atoms with Gasteiger partial charge in [0, 0.05) is 16.8 Å². The van der Waals surface area contributed by atoms with E-state index in [0.717, 1.165) is 0 Å². The molecule has 28 heavy (non-hydrogen) atoms. The third kappa shape index (κ3) is 4.76. The van der Waals surface area contributed by atoms with E-state index in [2.05, 4.69) is 96.3 Å². The van der Waals surface area contributed by atoms with Gasteiger partial charge < -0.3 is 0 Å². The molecule has 0 unspecified atom stereocenters. The Kier molecular flexibility index (Phi) is 7.67. The Morgan fingerprint density at radius 3 is 1.93 bits per heavy atom. The lowest BCUT2D eigenvalue weighted by Crippen LogP contribution is -2.47. The summed E-state index contributed by atoms with van der Waals surface area (Å²) < 4.78 is 2.39. The van der Waals surface area contributed by atoms with Crippen LogP contribution in [-0.4, -0.2) is 8.07 Å². The van der Waals surface area contributed by atoms with E-state index in [1.165, 1.54) is 48.1 Å². The first-order chi connectivity index (χ1) is 13.2. The molecule has 0 aliphatic heterocycles. The molecular formula is C26H42NSi+. The largest absolute Gasteiger partial charge is 0.212 e. The van der Waals surface area contributed by atoms with Gasteiger partial charge in [0.15, 0.2) is 6.20 Å². The molecule has 0 aliphatic carbocycles. The minimum Gasteiger partial charge on any atom is -0.201 e. The smallest absolute Gasteiger partial charge is 0.201 e. The molecule has 2 aromatic rings. The lowest BCUT2D eigenvalue weighted by molar-refractivity contribution is -0.659. The SMILES string of the molecule is CCC(CC)c1ccc(C)c(-c2cc(C(CC)CC)c([Si](C)(C)C)c[n+]2C)c1. The highest BCUT2D eigenvalue weighted by atomic mass is 28.3. The Bertz CT molecular complexity index is 793. The molecule has 1 heterocycles. The highest BCUT2D eigenvalue weighted by Gasteiger charge is 2.29. The topological polar surface area (TPSA) is 3.88 Å². The van der Waals surface area contributed by atoms with Crippen molar-refractivity contribution >= 4 is 13.3 Å². The van der Waals surface area contributed by atoms with Crippen LogP contribution in [0.15, 0.2) is 30.5 Å². The summed E-state index contributed by atoms with van der Waals surface area (Å²) in [6, 6.07) is 9.67.